The first-order valence-electron chi connectivity index (χ1n) is 6.43. The molecule has 1 aromatic heterocycles. The summed E-state index contributed by atoms with van der Waals surface area (Å²) >= 11 is 5.76. The van der Waals surface area contributed by atoms with Crippen LogP contribution in [0, 0.1) is 6.92 Å². The normalized spacial score (nSPS) is 11.8. The minimum Gasteiger partial charge on any atom is -0.481 e. The highest BCUT2D eigenvalue weighted by molar-refractivity contribution is 6.30. The number of ether oxygens (including phenoxy) is 1. The SMILES string of the molecule is Cc1[nH]c(=O)[nH]c(=O)c1NC(=O)C(C)Oc1ccc(Cl)cc1. The van der Waals surface area contributed by atoms with E-state index in [1.54, 1.807) is 31.2 Å². The van der Waals surface area contributed by atoms with Crippen molar-refractivity contribution in [1.82, 2.24) is 9.97 Å². The lowest BCUT2D eigenvalue weighted by Crippen LogP contribution is -2.34. The molecule has 0 bridgehead atoms. The number of nitrogens with one attached hydrogen (secondary N) is 3. The molecule has 0 aliphatic heterocycles. The van der Waals surface area contributed by atoms with E-state index in [2.05, 4.69) is 10.3 Å². The molecule has 3 N–H and O–H groups in total. The molecule has 0 aliphatic carbocycles. The molecule has 2 aromatic rings. The molecular formula is C14H14ClN3O4. The Morgan fingerprint density at radius 3 is 2.45 bits per heavy atom. The Balaban J connectivity index is 2.10. The van der Waals surface area contributed by atoms with Crippen LogP contribution in [0.1, 0.15) is 12.6 Å². The maximum atomic E-state index is 12.1. The number of carbonyl (C=O) groups is 1. The third-order valence-electron chi connectivity index (χ3n) is 2.87. The summed E-state index contributed by atoms with van der Waals surface area (Å²) in [5.74, 6) is -0.0465. The largest absolute Gasteiger partial charge is 0.481 e. The van der Waals surface area contributed by atoms with E-state index in [1.165, 1.54) is 6.92 Å². The van der Waals surface area contributed by atoms with Crippen molar-refractivity contribution in [1.29, 1.82) is 0 Å². The molecule has 0 spiro atoms. The van der Waals surface area contributed by atoms with E-state index in [0.29, 0.717) is 10.8 Å². The van der Waals surface area contributed by atoms with Crippen molar-refractivity contribution in [2.75, 3.05) is 5.32 Å². The van der Waals surface area contributed by atoms with E-state index >= 15 is 0 Å². The minimum atomic E-state index is -0.841. The van der Waals surface area contributed by atoms with E-state index in [9.17, 15) is 14.4 Å². The number of amides is 1. The standard InChI is InChI=1S/C14H14ClN3O4/c1-7-11(13(20)18-14(21)16-7)17-12(19)8(2)22-10-5-3-9(15)4-6-10/h3-6,8H,1-2H3,(H,17,19)(H2,16,18,20,21). The van der Waals surface area contributed by atoms with Gasteiger partial charge in [0, 0.05) is 10.7 Å². The molecule has 8 heteroatoms. The number of benzene rings is 1. The molecule has 0 saturated carbocycles. The lowest BCUT2D eigenvalue weighted by molar-refractivity contribution is -0.122. The van der Waals surface area contributed by atoms with Crippen LogP contribution in [0.5, 0.6) is 5.75 Å². The molecule has 22 heavy (non-hydrogen) atoms. The van der Waals surface area contributed by atoms with Crippen molar-refractivity contribution >= 4 is 23.2 Å². The predicted molar refractivity (Wildman–Crippen MR) is 82.6 cm³/mol. The van der Waals surface area contributed by atoms with Crippen molar-refractivity contribution < 1.29 is 9.53 Å². The number of aryl methyl sites for hydroxylation is 1. The van der Waals surface area contributed by atoms with Crippen LogP contribution < -0.4 is 21.3 Å². The molecule has 0 radical (unpaired) electrons. The van der Waals surface area contributed by atoms with Crippen molar-refractivity contribution in [2.24, 2.45) is 0 Å². The number of aromatic amines is 2. The van der Waals surface area contributed by atoms with Crippen LogP contribution in [0.25, 0.3) is 0 Å². The summed E-state index contributed by atoms with van der Waals surface area (Å²) in [5.41, 5.74) is -1.06. The number of hydrogen-bond acceptors (Lipinski definition) is 4. The second-order valence-electron chi connectivity index (χ2n) is 4.61. The molecule has 1 aromatic carbocycles. The Bertz CT molecular complexity index is 795. The van der Waals surface area contributed by atoms with Gasteiger partial charge in [-0.25, -0.2) is 4.79 Å². The third kappa shape index (κ3) is 3.76. The van der Waals surface area contributed by atoms with Gasteiger partial charge in [0.25, 0.3) is 11.5 Å². The van der Waals surface area contributed by atoms with Crippen LogP contribution in [0.15, 0.2) is 33.9 Å². The van der Waals surface area contributed by atoms with E-state index < -0.39 is 23.3 Å². The summed E-state index contributed by atoms with van der Waals surface area (Å²) in [7, 11) is 0. The second-order valence-corrected chi connectivity index (χ2v) is 5.05. The van der Waals surface area contributed by atoms with E-state index in [1.807, 2.05) is 4.98 Å². The van der Waals surface area contributed by atoms with Crippen LogP contribution >= 0.6 is 11.6 Å². The molecule has 1 unspecified atom stereocenters. The first-order valence-corrected chi connectivity index (χ1v) is 6.81. The van der Waals surface area contributed by atoms with Gasteiger partial charge in [0.2, 0.25) is 0 Å². The van der Waals surface area contributed by atoms with Crippen LogP contribution in [0.3, 0.4) is 0 Å². The van der Waals surface area contributed by atoms with Crippen molar-refractivity contribution in [3.8, 4) is 5.75 Å². The molecular weight excluding hydrogens is 310 g/mol. The molecule has 1 atom stereocenters. The minimum absolute atomic E-state index is 0.0174. The molecule has 0 saturated heterocycles. The van der Waals surface area contributed by atoms with Gasteiger partial charge >= 0.3 is 5.69 Å². The highest BCUT2D eigenvalue weighted by atomic mass is 35.5. The first kappa shape index (κ1) is 15.8. The zero-order chi connectivity index (χ0) is 16.3. The smallest absolute Gasteiger partial charge is 0.326 e. The number of H-pyrrole nitrogens is 2. The zero-order valence-electron chi connectivity index (χ0n) is 11.9. The monoisotopic (exact) mass is 323 g/mol. The van der Waals surface area contributed by atoms with Crippen LogP contribution in [-0.4, -0.2) is 22.0 Å². The van der Waals surface area contributed by atoms with Gasteiger partial charge in [-0.3, -0.25) is 14.6 Å². The lowest BCUT2D eigenvalue weighted by atomic mass is 10.3. The number of carbonyl (C=O) groups excluding carboxylic acids is 1. The molecule has 1 heterocycles. The van der Waals surface area contributed by atoms with Gasteiger partial charge in [0.1, 0.15) is 11.4 Å². The number of rotatable bonds is 4. The summed E-state index contributed by atoms with van der Waals surface area (Å²) < 4.78 is 5.45. The summed E-state index contributed by atoms with van der Waals surface area (Å²) in [5, 5.41) is 2.99. The van der Waals surface area contributed by atoms with Gasteiger partial charge < -0.3 is 15.0 Å². The average molecular weight is 324 g/mol. The van der Waals surface area contributed by atoms with Gasteiger partial charge in [-0.1, -0.05) is 11.6 Å². The second kappa shape index (κ2) is 6.48. The number of hydrogen-bond donors (Lipinski definition) is 3. The van der Waals surface area contributed by atoms with Crippen LogP contribution in [0.2, 0.25) is 5.02 Å². The fraction of sp³-hybridized carbons (Fsp3) is 0.214. The summed E-state index contributed by atoms with van der Waals surface area (Å²) in [6.07, 6.45) is -0.841. The van der Waals surface area contributed by atoms with Gasteiger partial charge in [-0.2, -0.15) is 0 Å². The Morgan fingerprint density at radius 1 is 1.23 bits per heavy atom. The highest BCUT2D eigenvalue weighted by Crippen LogP contribution is 2.17. The molecule has 2 rings (SSSR count). The lowest BCUT2D eigenvalue weighted by Gasteiger charge is -2.15. The number of anilines is 1. The van der Waals surface area contributed by atoms with Crippen LogP contribution in [-0.2, 0) is 4.79 Å². The predicted octanol–water partition coefficient (Wildman–Crippen LogP) is 1.43. The summed E-state index contributed by atoms with van der Waals surface area (Å²) in [6, 6.07) is 6.53. The van der Waals surface area contributed by atoms with E-state index in [-0.39, 0.29) is 11.4 Å². The maximum Gasteiger partial charge on any atom is 0.326 e. The topological polar surface area (TPSA) is 104 Å². The Labute approximate surface area is 130 Å². The number of aromatic nitrogens is 2. The Hall–Kier alpha value is -2.54. The maximum absolute atomic E-state index is 12.1. The fourth-order valence-corrected chi connectivity index (χ4v) is 1.87. The first-order chi connectivity index (χ1) is 10.4. The molecule has 7 nitrogen and oxygen atoms in total. The molecule has 0 fully saturated rings. The van der Waals surface area contributed by atoms with Crippen LogP contribution in [0.4, 0.5) is 5.69 Å². The molecule has 116 valence electrons. The summed E-state index contributed by atoms with van der Waals surface area (Å²) in [4.78, 5) is 39.3. The van der Waals surface area contributed by atoms with Gasteiger partial charge in [-0.15, -0.1) is 0 Å². The Morgan fingerprint density at radius 2 is 1.86 bits per heavy atom. The highest BCUT2D eigenvalue weighted by Gasteiger charge is 2.17. The van der Waals surface area contributed by atoms with Gasteiger partial charge in [-0.05, 0) is 38.1 Å². The number of halogens is 1. The van der Waals surface area contributed by atoms with Gasteiger partial charge in [0.05, 0.1) is 0 Å². The quantitative estimate of drug-likeness (QED) is 0.791. The molecule has 1 amide bonds. The molecule has 0 aliphatic rings. The summed E-state index contributed by atoms with van der Waals surface area (Å²) in [6.45, 7) is 3.05. The van der Waals surface area contributed by atoms with Crippen molar-refractivity contribution in [3.05, 3.63) is 55.8 Å². The fourth-order valence-electron chi connectivity index (χ4n) is 1.75. The van der Waals surface area contributed by atoms with Crippen molar-refractivity contribution in [3.63, 3.8) is 0 Å². The zero-order valence-corrected chi connectivity index (χ0v) is 12.7. The Kier molecular flexibility index (Phi) is 4.67. The van der Waals surface area contributed by atoms with Crippen molar-refractivity contribution in [2.45, 2.75) is 20.0 Å². The van der Waals surface area contributed by atoms with E-state index in [4.69, 9.17) is 16.3 Å². The van der Waals surface area contributed by atoms with Gasteiger partial charge in [0.15, 0.2) is 6.10 Å². The van der Waals surface area contributed by atoms with E-state index in [0.717, 1.165) is 0 Å². The average Bonchev–Trinajstić information content (AvgIpc) is 2.45. The third-order valence-corrected chi connectivity index (χ3v) is 3.13.